The van der Waals surface area contributed by atoms with Gasteiger partial charge in [0.1, 0.15) is 5.82 Å². The first-order valence-electron chi connectivity index (χ1n) is 5.27. The van der Waals surface area contributed by atoms with Gasteiger partial charge in [-0.2, -0.15) is 5.10 Å². The molecule has 0 atom stereocenters. The van der Waals surface area contributed by atoms with Gasteiger partial charge in [0.25, 0.3) is 0 Å². The number of halogens is 1. The number of rotatable bonds is 4. The SMILES string of the molecule is CNCc1cn[nH]c1-c1ccc(SC)c(F)c1. The summed E-state index contributed by atoms with van der Waals surface area (Å²) in [5.74, 6) is -0.194. The van der Waals surface area contributed by atoms with Crippen molar-refractivity contribution < 1.29 is 4.39 Å². The lowest BCUT2D eigenvalue weighted by atomic mass is 10.1. The number of aromatic nitrogens is 2. The topological polar surface area (TPSA) is 40.7 Å². The summed E-state index contributed by atoms with van der Waals surface area (Å²) in [6.07, 6.45) is 3.62. The van der Waals surface area contributed by atoms with E-state index in [0.717, 1.165) is 16.8 Å². The van der Waals surface area contributed by atoms with Gasteiger partial charge in [0.2, 0.25) is 0 Å². The number of benzene rings is 1. The van der Waals surface area contributed by atoms with Crippen LogP contribution in [-0.4, -0.2) is 23.5 Å². The summed E-state index contributed by atoms with van der Waals surface area (Å²) >= 11 is 1.40. The largest absolute Gasteiger partial charge is 0.316 e. The minimum absolute atomic E-state index is 0.194. The Hall–Kier alpha value is -1.33. The minimum Gasteiger partial charge on any atom is -0.316 e. The molecule has 0 unspecified atom stereocenters. The molecule has 0 spiro atoms. The highest BCUT2D eigenvalue weighted by Crippen LogP contribution is 2.26. The van der Waals surface area contributed by atoms with Crippen molar-refractivity contribution in [3.63, 3.8) is 0 Å². The van der Waals surface area contributed by atoms with Gasteiger partial charge in [0.05, 0.1) is 11.9 Å². The standard InChI is InChI=1S/C12H14FN3S/c1-14-6-9-7-15-16-12(9)8-3-4-11(17-2)10(13)5-8/h3-5,7,14H,6H2,1-2H3,(H,15,16). The van der Waals surface area contributed by atoms with Gasteiger partial charge in [-0.1, -0.05) is 6.07 Å². The van der Waals surface area contributed by atoms with Gasteiger partial charge in [-0.25, -0.2) is 4.39 Å². The molecule has 0 radical (unpaired) electrons. The first-order chi connectivity index (χ1) is 8.26. The molecule has 17 heavy (non-hydrogen) atoms. The normalized spacial score (nSPS) is 10.8. The molecule has 2 aromatic rings. The molecule has 1 heterocycles. The summed E-state index contributed by atoms with van der Waals surface area (Å²) in [4.78, 5) is 0.656. The quantitative estimate of drug-likeness (QED) is 0.821. The molecular weight excluding hydrogens is 237 g/mol. The predicted octanol–water partition coefficient (Wildman–Crippen LogP) is 2.66. The first kappa shape index (κ1) is 12.1. The summed E-state index contributed by atoms with van der Waals surface area (Å²) in [6, 6.07) is 5.24. The van der Waals surface area contributed by atoms with Gasteiger partial charge in [-0.05, 0) is 25.4 Å². The van der Waals surface area contributed by atoms with Gasteiger partial charge in [0, 0.05) is 22.6 Å². The molecule has 1 aromatic carbocycles. The lowest BCUT2D eigenvalue weighted by Crippen LogP contribution is -2.05. The van der Waals surface area contributed by atoms with E-state index in [-0.39, 0.29) is 5.82 Å². The summed E-state index contributed by atoms with van der Waals surface area (Å²) in [5.41, 5.74) is 2.72. The molecule has 1 aromatic heterocycles. The van der Waals surface area contributed by atoms with Gasteiger partial charge in [-0.3, -0.25) is 5.10 Å². The van der Waals surface area contributed by atoms with Crippen molar-refractivity contribution in [1.82, 2.24) is 15.5 Å². The molecule has 0 aliphatic rings. The molecule has 90 valence electrons. The molecule has 2 rings (SSSR count). The van der Waals surface area contributed by atoms with Crippen LogP contribution in [0.3, 0.4) is 0 Å². The highest BCUT2D eigenvalue weighted by Gasteiger charge is 2.09. The smallest absolute Gasteiger partial charge is 0.137 e. The number of H-pyrrole nitrogens is 1. The Bertz CT molecular complexity index is 510. The molecule has 0 saturated heterocycles. The number of hydrogen-bond acceptors (Lipinski definition) is 3. The fourth-order valence-corrected chi connectivity index (χ4v) is 2.17. The van der Waals surface area contributed by atoms with E-state index in [1.807, 2.05) is 19.4 Å². The Morgan fingerprint density at radius 3 is 2.94 bits per heavy atom. The van der Waals surface area contributed by atoms with Crippen LogP contribution in [-0.2, 0) is 6.54 Å². The van der Waals surface area contributed by atoms with Crippen LogP contribution in [0.2, 0.25) is 0 Å². The Morgan fingerprint density at radius 1 is 1.47 bits per heavy atom. The fourth-order valence-electron chi connectivity index (χ4n) is 1.71. The summed E-state index contributed by atoms with van der Waals surface area (Å²) < 4.78 is 13.7. The molecule has 0 bridgehead atoms. The zero-order valence-electron chi connectivity index (χ0n) is 9.75. The predicted molar refractivity (Wildman–Crippen MR) is 68.5 cm³/mol. The van der Waals surface area contributed by atoms with Gasteiger partial charge in [-0.15, -0.1) is 11.8 Å². The number of thioether (sulfide) groups is 1. The highest BCUT2D eigenvalue weighted by molar-refractivity contribution is 7.98. The van der Waals surface area contributed by atoms with E-state index >= 15 is 0 Å². The average Bonchev–Trinajstić information content (AvgIpc) is 2.78. The summed E-state index contributed by atoms with van der Waals surface area (Å²) in [6.45, 7) is 0.706. The zero-order valence-corrected chi connectivity index (χ0v) is 10.6. The molecule has 2 N–H and O–H groups in total. The number of nitrogens with zero attached hydrogens (tertiary/aromatic N) is 1. The molecule has 0 aliphatic heterocycles. The maximum absolute atomic E-state index is 13.7. The van der Waals surface area contributed by atoms with Crippen LogP contribution in [0.15, 0.2) is 29.3 Å². The average molecular weight is 251 g/mol. The van der Waals surface area contributed by atoms with Crippen LogP contribution in [0.4, 0.5) is 4.39 Å². The van der Waals surface area contributed by atoms with E-state index in [1.54, 1.807) is 18.3 Å². The third kappa shape index (κ3) is 2.50. The van der Waals surface area contributed by atoms with Crippen molar-refractivity contribution in [2.45, 2.75) is 11.4 Å². The van der Waals surface area contributed by atoms with E-state index < -0.39 is 0 Å². The van der Waals surface area contributed by atoms with Crippen LogP contribution in [0.5, 0.6) is 0 Å². The number of hydrogen-bond donors (Lipinski definition) is 2. The number of nitrogens with one attached hydrogen (secondary N) is 2. The number of aromatic amines is 1. The summed E-state index contributed by atoms with van der Waals surface area (Å²) in [7, 11) is 1.87. The van der Waals surface area contributed by atoms with Crippen LogP contribution in [0.1, 0.15) is 5.56 Å². The Morgan fingerprint density at radius 2 is 2.29 bits per heavy atom. The van der Waals surface area contributed by atoms with E-state index in [0.29, 0.717) is 11.4 Å². The van der Waals surface area contributed by atoms with Crippen molar-refractivity contribution >= 4 is 11.8 Å². The minimum atomic E-state index is -0.194. The molecular formula is C12H14FN3S. The molecule has 0 fully saturated rings. The Balaban J connectivity index is 2.39. The monoisotopic (exact) mass is 251 g/mol. The van der Waals surface area contributed by atoms with E-state index in [4.69, 9.17) is 0 Å². The van der Waals surface area contributed by atoms with Crippen molar-refractivity contribution in [3.8, 4) is 11.3 Å². The first-order valence-corrected chi connectivity index (χ1v) is 6.49. The molecule has 0 amide bonds. The van der Waals surface area contributed by atoms with Crippen LogP contribution < -0.4 is 5.32 Å². The third-order valence-electron chi connectivity index (χ3n) is 2.53. The molecule has 0 aliphatic carbocycles. The van der Waals surface area contributed by atoms with Crippen LogP contribution >= 0.6 is 11.8 Å². The fraction of sp³-hybridized carbons (Fsp3) is 0.250. The lowest BCUT2D eigenvalue weighted by Gasteiger charge is -2.05. The van der Waals surface area contributed by atoms with Gasteiger partial charge in [0.15, 0.2) is 0 Å². The molecule has 3 nitrogen and oxygen atoms in total. The molecule has 5 heteroatoms. The second-order valence-corrected chi connectivity index (χ2v) is 4.50. The zero-order chi connectivity index (χ0) is 12.3. The van der Waals surface area contributed by atoms with Crippen LogP contribution in [0, 0.1) is 5.82 Å². The second kappa shape index (κ2) is 5.33. The van der Waals surface area contributed by atoms with Gasteiger partial charge < -0.3 is 5.32 Å². The van der Waals surface area contributed by atoms with E-state index in [9.17, 15) is 4.39 Å². The lowest BCUT2D eigenvalue weighted by molar-refractivity contribution is 0.602. The Labute approximate surface area is 104 Å². The van der Waals surface area contributed by atoms with Gasteiger partial charge >= 0.3 is 0 Å². The second-order valence-electron chi connectivity index (χ2n) is 3.65. The molecule has 0 saturated carbocycles. The van der Waals surface area contributed by atoms with Crippen molar-refractivity contribution in [1.29, 1.82) is 0 Å². The van der Waals surface area contributed by atoms with Crippen LogP contribution in [0.25, 0.3) is 11.3 Å². The van der Waals surface area contributed by atoms with Crippen molar-refractivity contribution in [2.24, 2.45) is 0 Å². The Kier molecular flexibility index (Phi) is 3.81. The van der Waals surface area contributed by atoms with E-state index in [1.165, 1.54) is 11.8 Å². The van der Waals surface area contributed by atoms with Crippen molar-refractivity contribution in [2.75, 3.05) is 13.3 Å². The highest BCUT2D eigenvalue weighted by atomic mass is 32.2. The summed E-state index contributed by atoms with van der Waals surface area (Å²) in [5, 5.41) is 9.96. The maximum atomic E-state index is 13.7. The third-order valence-corrected chi connectivity index (χ3v) is 3.30. The van der Waals surface area contributed by atoms with E-state index in [2.05, 4.69) is 15.5 Å². The van der Waals surface area contributed by atoms with Crippen molar-refractivity contribution in [3.05, 3.63) is 35.8 Å². The maximum Gasteiger partial charge on any atom is 0.137 e.